The molecule has 0 heterocycles. The summed E-state index contributed by atoms with van der Waals surface area (Å²) < 4.78 is 0. The van der Waals surface area contributed by atoms with Crippen LogP contribution in [0.25, 0.3) is 0 Å². The summed E-state index contributed by atoms with van der Waals surface area (Å²) in [4.78, 5) is 0. The number of rotatable bonds is 10. The fourth-order valence-electron chi connectivity index (χ4n) is 1.85. The zero-order valence-electron chi connectivity index (χ0n) is 11.6. The maximum absolute atomic E-state index is 5.47. The summed E-state index contributed by atoms with van der Waals surface area (Å²) in [5.74, 6) is 0.738. The first-order valence-electron chi connectivity index (χ1n) is 6.97. The smallest absolute Gasteiger partial charge is 0.0172 e. The SMILES string of the molecule is C=C(/C=C\C=C\C(CCC)CCCCC)CN. The van der Waals surface area contributed by atoms with Gasteiger partial charge in [-0.15, -0.1) is 0 Å². The molecular weight excluding hydrogens is 206 g/mol. The molecule has 1 unspecified atom stereocenters. The van der Waals surface area contributed by atoms with E-state index in [4.69, 9.17) is 5.73 Å². The fraction of sp³-hybridized carbons (Fsp3) is 0.625. The number of hydrogen-bond acceptors (Lipinski definition) is 1. The van der Waals surface area contributed by atoms with E-state index in [1.165, 1.54) is 38.5 Å². The van der Waals surface area contributed by atoms with Crippen molar-refractivity contribution in [3.8, 4) is 0 Å². The molecule has 0 amide bonds. The van der Waals surface area contributed by atoms with Crippen LogP contribution in [0.3, 0.4) is 0 Å². The third-order valence-electron chi connectivity index (χ3n) is 2.93. The number of hydrogen-bond donors (Lipinski definition) is 1. The highest BCUT2D eigenvalue weighted by molar-refractivity contribution is 5.20. The van der Waals surface area contributed by atoms with Crippen molar-refractivity contribution in [2.75, 3.05) is 6.54 Å². The third kappa shape index (κ3) is 10.1. The Bertz CT molecular complexity index is 238. The normalized spacial score (nSPS) is 13.6. The van der Waals surface area contributed by atoms with E-state index in [2.05, 4.69) is 38.7 Å². The van der Waals surface area contributed by atoms with Crippen LogP contribution in [-0.2, 0) is 0 Å². The Balaban J connectivity index is 4.00. The Morgan fingerprint density at radius 2 is 1.88 bits per heavy atom. The molecule has 0 aliphatic rings. The molecule has 0 rings (SSSR count). The lowest BCUT2D eigenvalue weighted by molar-refractivity contribution is 0.502. The van der Waals surface area contributed by atoms with Gasteiger partial charge >= 0.3 is 0 Å². The summed E-state index contributed by atoms with van der Waals surface area (Å²) in [6.07, 6.45) is 16.4. The van der Waals surface area contributed by atoms with E-state index < -0.39 is 0 Å². The summed E-state index contributed by atoms with van der Waals surface area (Å²) in [6, 6.07) is 0. The average Bonchev–Trinajstić information content (AvgIpc) is 2.34. The lowest BCUT2D eigenvalue weighted by Crippen LogP contribution is -1.98. The monoisotopic (exact) mass is 235 g/mol. The molecule has 1 nitrogen and oxygen atoms in total. The van der Waals surface area contributed by atoms with Crippen molar-refractivity contribution in [2.45, 2.75) is 52.4 Å². The Hall–Kier alpha value is -0.820. The van der Waals surface area contributed by atoms with E-state index in [0.717, 1.165) is 11.5 Å². The zero-order valence-corrected chi connectivity index (χ0v) is 11.6. The molecule has 0 spiro atoms. The second-order valence-corrected chi connectivity index (χ2v) is 4.65. The van der Waals surface area contributed by atoms with E-state index in [9.17, 15) is 0 Å². The second kappa shape index (κ2) is 11.7. The van der Waals surface area contributed by atoms with Gasteiger partial charge in [0.15, 0.2) is 0 Å². The first kappa shape index (κ1) is 16.2. The molecule has 0 radical (unpaired) electrons. The average molecular weight is 235 g/mol. The van der Waals surface area contributed by atoms with Crippen LogP contribution in [0.1, 0.15) is 52.4 Å². The van der Waals surface area contributed by atoms with Gasteiger partial charge in [-0.3, -0.25) is 0 Å². The largest absolute Gasteiger partial charge is 0.327 e. The molecular formula is C16H29N. The van der Waals surface area contributed by atoms with Gasteiger partial charge in [-0.25, -0.2) is 0 Å². The van der Waals surface area contributed by atoms with Crippen LogP contribution in [0.5, 0.6) is 0 Å². The standard InChI is InChI=1S/C16H29N/c1-4-6-7-12-16(10-5-2)13-9-8-11-15(3)14-17/h8-9,11,13,16H,3-7,10,12,14,17H2,1-2H3/b11-8-,13-9+. The summed E-state index contributed by atoms with van der Waals surface area (Å²) >= 11 is 0. The van der Waals surface area contributed by atoms with Crippen LogP contribution in [0, 0.1) is 5.92 Å². The van der Waals surface area contributed by atoms with Crippen LogP contribution in [-0.4, -0.2) is 6.54 Å². The van der Waals surface area contributed by atoms with Crippen molar-refractivity contribution in [3.05, 3.63) is 36.5 Å². The van der Waals surface area contributed by atoms with Gasteiger partial charge in [0.1, 0.15) is 0 Å². The summed E-state index contributed by atoms with van der Waals surface area (Å²) in [5.41, 5.74) is 6.45. The molecule has 2 N–H and O–H groups in total. The van der Waals surface area contributed by atoms with Gasteiger partial charge in [-0.1, -0.05) is 70.4 Å². The summed E-state index contributed by atoms with van der Waals surface area (Å²) in [6.45, 7) is 8.89. The highest BCUT2D eigenvalue weighted by Crippen LogP contribution is 2.17. The predicted molar refractivity (Wildman–Crippen MR) is 79.0 cm³/mol. The van der Waals surface area contributed by atoms with Gasteiger partial charge in [0.25, 0.3) is 0 Å². The molecule has 17 heavy (non-hydrogen) atoms. The minimum atomic E-state index is 0.541. The maximum atomic E-state index is 5.47. The molecule has 1 atom stereocenters. The van der Waals surface area contributed by atoms with Gasteiger partial charge in [-0.05, 0) is 24.3 Å². The van der Waals surface area contributed by atoms with Crippen LogP contribution in [0.4, 0.5) is 0 Å². The van der Waals surface area contributed by atoms with Gasteiger partial charge in [0.05, 0.1) is 0 Å². The Kier molecular flexibility index (Phi) is 11.1. The third-order valence-corrected chi connectivity index (χ3v) is 2.93. The van der Waals surface area contributed by atoms with Crippen LogP contribution >= 0.6 is 0 Å². The molecule has 98 valence electrons. The number of allylic oxidation sites excluding steroid dienone is 3. The van der Waals surface area contributed by atoms with Crippen LogP contribution in [0.2, 0.25) is 0 Å². The summed E-state index contributed by atoms with van der Waals surface area (Å²) in [5, 5.41) is 0. The van der Waals surface area contributed by atoms with Gasteiger partial charge in [-0.2, -0.15) is 0 Å². The molecule has 0 aromatic heterocycles. The molecule has 0 aliphatic heterocycles. The Labute approximate surface area is 107 Å². The topological polar surface area (TPSA) is 26.0 Å². The van der Waals surface area contributed by atoms with Gasteiger partial charge in [0.2, 0.25) is 0 Å². The quantitative estimate of drug-likeness (QED) is 0.434. The Morgan fingerprint density at radius 1 is 1.12 bits per heavy atom. The zero-order chi connectivity index (χ0) is 12.9. The minimum absolute atomic E-state index is 0.541. The van der Waals surface area contributed by atoms with E-state index in [1.807, 2.05) is 6.08 Å². The second-order valence-electron chi connectivity index (χ2n) is 4.65. The first-order chi connectivity index (χ1) is 8.24. The van der Waals surface area contributed by atoms with Crippen molar-refractivity contribution in [2.24, 2.45) is 11.7 Å². The molecule has 0 fully saturated rings. The molecule has 0 bridgehead atoms. The molecule has 1 heteroatoms. The van der Waals surface area contributed by atoms with Crippen molar-refractivity contribution in [1.82, 2.24) is 0 Å². The molecule has 0 aromatic rings. The van der Waals surface area contributed by atoms with E-state index in [-0.39, 0.29) is 0 Å². The number of unbranched alkanes of at least 4 members (excludes halogenated alkanes) is 2. The van der Waals surface area contributed by atoms with Gasteiger partial charge in [0, 0.05) is 6.54 Å². The highest BCUT2D eigenvalue weighted by atomic mass is 14.5. The molecule has 0 aromatic carbocycles. The van der Waals surface area contributed by atoms with Crippen molar-refractivity contribution in [3.63, 3.8) is 0 Å². The number of nitrogens with two attached hydrogens (primary N) is 1. The lowest BCUT2D eigenvalue weighted by Gasteiger charge is -2.10. The molecule has 0 aliphatic carbocycles. The van der Waals surface area contributed by atoms with E-state index >= 15 is 0 Å². The lowest BCUT2D eigenvalue weighted by atomic mass is 9.96. The van der Waals surface area contributed by atoms with Gasteiger partial charge < -0.3 is 5.73 Å². The minimum Gasteiger partial charge on any atom is -0.327 e. The molecule has 0 saturated carbocycles. The van der Waals surface area contributed by atoms with E-state index in [1.54, 1.807) is 0 Å². The maximum Gasteiger partial charge on any atom is 0.0172 e. The van der Waals surface area contributed by atoms with Crippen molar-refractivity contribution < 1.29 is 0 Å². The van der Waals surface area contributed by atoms with Crippen LogP contribution < -0.4 is 5.73 Å². The molecule has 0 saturated heterocycles. The Morgan fingerprint density at radius 3 is 2.47 bits per heavy atom. The summed E-state index contributed by atoms with van der Waals surface area (Å²) in [7, 11) is 0. The first-order valence-corrected chi connectivity index (χ1v) is 6.97. The van der Waals surface area contributed by atoms with Crippen molar-refractivity contribution >= 4 is 0 Å². The van der Waals surface area contributed by atoms with Crippen LogP contribution in [0.15, 0.2) is 36.5 Å². The van der Waals surface area contributed by atoms with Crippen molar-refractivity contribution in [1.29, 1.82) is 0 Å². The van der Waals surface area contributed by atoms with E-state index in [0.29, 0.717) is 6.54 Å². The fourth-order valence-corrected chi connectivity index (χ4v) is 1.85. The highest BCUT2D eigenvalue weighted by Gasteiger charge is 2.02. The predicted octanol–water partition coefficient (Wildman–Crippen LogP) is 4.61.